The molecule has 4 atom stereocenters. The SMILES string of the molecule is O=C(c1cccc2ccccc12)N1C(c2cccc(C3=N[C@@H](c4ccccc4)[C@H](c4ccccc4)N3C(=O)c3cccc4ccccc34)n2)=N[C@@H](c2ccccc2)[C@@H]1c1ccccc1. The van der Waals surface area contributed by atoms with Crippen molar-refractivity contribution in [3.63, 3.8) is 0 Å². The Morgan fingerprint density at radius 3 is 1.08 bits per heavy atom. The lowest BCUT2D eigenvalue weighted by Gasteiger charge is -2.30. The van der Waals surface area contributed by atoms with Crippen molar-refractivity contribution >= 4 is 45.0 Å². The Kier molecular flexibility index (Phi) is 9.98. The smallest absolute Gasteiger partial charge is 0.260 e. The maximum absolute atomic E-state index is 15.5. The van der Waals surface area contributed by atoms with E-state index in [9.17, 15) is 0 Å². The highest BCUT2D eigenvalue weighted by Gasteiger charge is 2.45. The highest BCUT2D eigenvalue weighted by molar-refractivity contribution is 6.19. The quantitative estimate of drug-likeness (QED) is 0.153. The van der Waals surface area contributed by atoms with Gasteiger partial charge in [-0.25, -0.2) is 4.98 Å². The van der Waals surface area contributed by atoms with Crippen molar-refractivity contribution < 1.29 is 9.59 Å². The number of aromatic nitrogens is 1. The van der Waals surface area contributed by atoms with Gasteiger partial charge < -0.3 is 0 Å². The second-order valence-electron chi connectivity index (χ2n) is 16.1. The lowest BCUT2D eigenvalue weighted by molar-refractivity contribution is 0.0799. The van der Waals surface area contributed by atoms with E-state index >= 15 is 9.59 Å². The van der Waals surface area contributed by atoms with Crippen LogP contribution in [0.3, 0.4) is 0 Å². The van der Waals surface area contributed by atoms with Crippen molar-refractivity contribution in [3.05, 3.63) is 269 Å². The van der Waals surface area contributed by atoms with Gasteiger partial charge in [0.25, 0.3) is 11.8 Å². The van der Waals surface area contributed by atoms with Gasteiger partial charge in [0.2, 0.25) is 0 Å². The van der Waals surface area contributed by atoms with Crippen molar-refractivity contribution in [3.8, 4) is 0 Å². The Hall–Kier alpha value is -8.29. The van der Waals surface area contributed by atoms with Crippen LogP contribution in [0.1, 0.15) is 78.5 Å². The Morgan fingerprint density at radius 1 is 0.344 bits per heavy atom. The molecule has 0 spiro atoms. The molecule has 3 heterocycles. The Labute approximate surface area is 371 Å². The molecule has 9 aromatic rings. The summed E-state index contributed by atoms with van der Waals surface area (Å²) in [6.45, 7) is 0. The number of nitrogens with zero attached hydrogens (tertiary/aromatic N) is 5. The number of amides is 2. The highest BCUT2D eigenvalue weighted by atomic mass is 16.2. The molecule has 0 saturated heterocycles. The summed E-state index contributed by atoms with van der Waals surface area (Å²) >= 11 is 0. The van der Waals surface area contributed by atoms with E-state index in [1.54, 1.807) is 0 Å². The summed E-state index contributed by atoms with van der Waals surface area (Å²) in [6, 6.07) is 71.9. The van der Waals surface area contributed by atoms with Crippen LogP contribution < -0.4 is 0 Å². The molecule has 7 nitrogen and oxygen atoms in total. The van der Waals surface area contributed by atoms with E-state index in [0.29, 0.717) is 34.2 Å². The summed E-state index contributed by atoms with van der Waals surface area (Å²) in [5.74, 6) is 0.503. The molecule has 0 fully saturated rings. The molecule has 2 amide bonds. The van der Waals surface area contributed by atoms with Crippen molar-refractivity contribution in [2.45, 2.75) is 24.2 Å². The van der Waals surface area contributed by atoms with Crippen LogP contribution in [0.25, 0.3) is 21.5 Å². The lowest BCUT2D eigenvalue weighted by atomic mass is 9.93. The van der Waals surface area contributed by atoms with Gasteiger partial charge in [0, 0.05) is 11.1 Å². The summed E-state index contributed by atoms with van der Waals surface area (Å²) in [5.41, 5.74) is 5.96. The van der Waals surface area contributed by atoms with E-state index in [4.69, 9.17) is 15.0 Å². The molecule has 0 radical (unpaired) electrons. The topological polar surface area (TPSA) is 78.2 Å². The second kappa shape index (κ2) is 16.5. The van der Waals surface area contributed by atoms with Crippen LogP contribution in [0.15, 0.2) is 234 Å². The third-order valence-electron chi connectivity index (χ3n) is 12.4. The van der Waals surface area contributed by atoms with Crippen LogP contribution in [-0.2, 0) is 0 Å². The first-order chi connectivity index (χ1) is 31.6. The van der Waals surface area contributed by atoms with E-state index in [2.05, 4.69) is 48.5 Å². The number of rotatable bonds is 8. The number of hydrogen-bond acceptors (Lipinski definition) is 5. The van der Waals surface area contributed by atoms with E-state index < -0.39 is 24.2 Å². The van der Waals surface area contributed by atoms with Crippen molar-refractivity contribution in [1.29, 1.82) is 0 Å². The summed E-state index contributed by atoms with van der Waals surface area (Å²) in [6.07, 6.45) is 0. The molecule has 0 aliphatic carbocycles. The van der Waals surface area contributed by atoms with Gasteiger partial charge in [0.05, 0.1) is 12.1 Å². The van der Waals surface area contributed by atoms with Gasteiger partial charge in [-0.05, 0) is 68.1 Å². The zero-order valence-corrected chi connectivity index (χ0v) is 34.7. The first-order valence-corrected chi connectivity index (χ1v) is 21.6. The predicted octanol–water partition coefficient (Wildman–Crippen LogP) is 12.2. The van der Waals surface area contributed by atoms with Crippen LogP contribution >= 0.6 is 0 Å². The van der Waals surface area contributed by atoms with E-state index in [1.165, 1.54) is 0 Å². The first-order valence-electron chi connectivity index (χ1n) is 21.6. The fraction of sp³-hybridized carbons (Fsp3) is 0.0702. The molecule has 2 aliphatic heterocycles. The predicted molar refractivity (Wildman–Crippen MR) is 254 cm³/mol. The monoisotopic (exact) mass is 827 g/mol. The van der Waals surface area contributed by atoms with Gasteiger partial charge in [-0.3, -0.25) is 29.4 Å². The number of carbonyl (C=O) groups is 2. The largest absolute Gasteiger partial charge is 0.281 e. The van der Waals surface area contributed by atoms with Crippen LogP contribution in [0.4, 0.5) is 0 Å². The average molecular weight is 828 g/mol. The van der Waals surface area contributed by atoms with Crippen molar-refractivity contribution in [2.24, 2.45) is 9.98 Å². The van der Waals surface area contributed by atoms with Gasteiger partial charge in [-0.2, -0.15) is 0 Å². The second-order valence-corrected chi connectivity index (χ2v) is 16.1. The number of hydrogen-bond donors (Lipinski definition) is 0. The third-order valence-corrected chi connectivity index (χ3v) is 12.4. The zero-order valence-electron chi connectivity index (χ0n) is 34.7. The van der Waals surface area contributed by atoms with Crippen molar-refractivity contribution in [1.82, 2.24) is 14.8 Å². The molecule has 2 aliphatic rings. The zero-order chi connectivity index (χ0) is 43.0. The fourth-order valence-electron chi connectivity index (χ4n) is 9.44. The molecule has 0 N–H and O–H groups in total. The van der Waals surface area contributed by atoms with E-state index in [-0.39, 0.29) is 11.8 Å². The standard InChI is InChI=1S/C57H41N5O2/c63-56(46-34-17-30-38-20-13-15-32-44(38)46)61-52(42-26-9-3-10-27-42)50(40-22-5-1-6-23-40)59-54(61)48-36-19-37-49(58-48)55-60-51(41-24-7-2-8-25-41)53(43-28-11-4-12-29-43)62(55)57(64)47-35-18-31-39-21-14-16-33-45(39)47/h1-37,50-53H/t50-,51-,52-,53-/m0/s1. The number of aliphatic imine (C=N–C) groups is 2. The molecule has 0 bridgehead atoms. The minimum absolute atomic E-state index is 0.186. The first kappa shape index (κ1) is 38.6. The van der Waals surface area contributed by atoms with Crippen LogP contribution in [0, 0.1) is 0 Å². The summed E-state index contributed by atoms with van der Waals surface area (Å²) in [7, 11) is 0. The molecule has 7 heteroatoms. The Morgan fingerprint density at radius 2 is 0.672 bits per heavy atom. The average Bonchev–Trinajstić information content (AvgIpc) is 3.98. The molecule has 8 aromatic carbocycles. The molecule has 0 saturated carbocycles. The molecular weight excluding hydrogens is 787 g/mol. The maximum Gasteiger partial charge on any atom is 0.260 e. The lowest BCUT2D eigenvalue weighted by Crippen LogP contribution is -2.39. The van der Waals surface area contributed by atoms with Gasteiger partial charge in [-0.15, -0.1) is 0 Å². The minimum Gasteiger partial charge on any atom is -0.281 e. The molecule has 11 rings (SSSR count). The molecular formula is C57H41N5O2. The summed E-state index contributed by atoms with van der Waals surface area (Å²) < 4.78 is 0. The summed E-state index contributed by atoms with van der Waals surface area (Å²) in [5, 5.41) is 3.65. The van der Waals surface area contributed by atoms with Gasteiger partial charge in [-0.1, -0.05) is 200 Å². The third kappa shape index (κ3) is 6.84. The Balaban J connectivity index is 1.11. The fourth-order valence-corrected chi connectivity index (χ4v) is 9.44. The number of pyridine rings is 1. The van der Waals surface area contributed by atoms with Crippen molar-refractivity contribution in [2.75, 3.05) is 0 Å². The minimum atomic E-state index is -0.492. The van der Waals surface area contributed by atoms with E-state index in [1.807, 2.05) is 186 Å². The molecule has 306 valence electrons. The van der Waals surface area contributed by atoms with Crippen LogP contribution in [-0.4, -0.2) is 38.3 Å². The van der Waals surface area contributed by atoms with Gasteiger partial charge in [0.15, 0.2) is 11.7 Å². The van der Waals surface area contributed by atoms with E-state index in [0.717, 1.165) is 43.8 Å². The molecule has 1 aromatic heterocycles. The van der Waals surface area contributed by atoms with Gasteiger partial charge >= 0.3 is 0 Å². The summed E-state index contributed by atoms with van der Waals surface area (Å²) in [4.78, 5) is 50.9. The number of benzene rings is 8. The number of carbonyl (C=O) groups excluding carboxylic acids is 2. The molecule has 64 heavy (non-hydrogen) atoms. The number of fused-ring (bicyclic) bond motifs is 2. The van der Waals surface area contributed by atoms with Crippen LogP contribution in [0.5, 0.6) is 0 Å². The van der Waals surface area contributed by atoms with Crippen LogP contribution in [0.2, 0.25) is 0 Å². The highest BCUT2D eigenvalue weighted by Crippen LogP contribution is 2.46. The maximum atomic E-state index is 15.5. The normalized spacial score (nSPS) is 18.2. The molecule has 0 unspecified atom stereocenters. The number of amidine groups is 2. The Bertz CT molecular complexity index is 3020. The van der Waals surface area contributed by atoms with Gasteiger partial charge in [0.1, 0.15) is 23.5 Å².